The van der Waals surface area contributed by atoms with Gasteiger partial charge in [0, 0.05) is 28.8 Å². The van der Waals surface area contributed by atoms with Gasteiger partial charge in [-0.1, -0.05) is 6.42 Å². The van der Waals surface area contributed by atoms with E-state index in [0.717, 1.165) is 62.9 Å². The highest BCUT2D eigenvalue weighted by molar-refractivity contribution is 6.35. The Morgan fingerprint density at radius 2 is 1.97 bits per heavy atom. The number of aryl methyl sites for hydroxylation is 1. The van der Waals surface area contributed by atoms with Crippen LogP contribution in [0.5, 0.6) is 0 Å². The summed E-state index contributed by atoms with van der Waals surface area (Å²) in [6, 6.07) is 7.62. The number of likely N-dealkylation sites (tertiary alicyclic amines) is 1. The molecule has 0 bridgehead atoms. The second kappa shape index (κ2) is 8.16. The summed E-state index contributed by atoms with van der Waals surface area (Å²) in [4.78, 5) is 27.7. The van der Waals surface area contributed by atoms with Crippen molar-refractivity contribution >= 4 is 29.0 Å². The number of ketones is 1. The number of hydrogen-bond acceptors (Lipinski definition) is 5. The van der Waals surface area contributed by atoms with E-state index in [9.17, 15) is 14.9 Å². The minimum Gasteiger partial charge on any atom is -0.460 e. The molecule has 3 aliphatic rings. The van der Waals surface area contributed by atoms with Crippen LogP contribution >= 0.6 is 0 Å². The lowest BCUT2D eigenvalue weighted by Crippen LogP contribution is -2.34. The van der Waals surface area contributed by atoms with Gasteiger partial charge in [-0.25, -0.2) is 0 Å². The zero-order chi connectivity index (χ0) is 21.4. The average molecular weight is 415 g/mol. The maximum atomic E-state index is 12.9. The van der Waals surface area contributed by atoms with Gasteiger partial charge in [0.15, 0.2) is 5.78 Å². The number of amides is 1. The molecule has 1 fully saturated rings. The molecule has 0 atom stereocenters. The Morgan fingerprint density at radius 1 is 1.16 bits per heavy atom. The fraction of sp³-hybridized carbons (Fsp3) is 0.400. The molecule has 1 aromatic carbocycles. The number of carbonyl (C=O) groups is 2. The van der Waals surface area contributed by atoms with Crippen LogP contribution in [0.2, 0.25) is 0 Å². The van der Waals surface area contributed by atoms with Crippen molar-refractivity contribution in [3.05, 3.63) is 52.0 Å². The Kier molecular flexibility index (Phi) is 5.21. The Labute approximate surface area is 181 Å². The normalized spacial score (nSPS) is 19.6. The quantitative estimate of drug-likeness (QED) is 0.598. The van der Waals surface area contributed by atoms with Crippen molar-refractivity contribution in [2.45, 2.75) is 44.9 Å². The van der Waals surface area contributed by atoms with E-state index in [0.29, 0.717) is 40.3 Å². The molecule has 1 amide bonds. The van der Waals surface area contributed by atoms with Gasteiger partial charge in [-0.2, -0.15) is 5.26 Å². The van der Waals surface area contributed by atoms with Gasteiger partial charge in [-0.3, -0.25) is 14.5 Å². The number of carbonyl (C=O) groups excluding carboxylic acids is 2. The van der Waals surface area contributed by atoms with Crippen molar-refractivity contribution in [2.24, 2.45) is 0 Å². The Balaban J connectivity index is 1.47. The Bertz CT molecular complexity index is 1130. The Hall–Kier alpha value is -3.17. The summed E-state index contributed by atoms with van der Waals surface area (Å²) >= 11 is 0. The molecule has 158 valence electrons. The molecular formula is C25H25N3O3. The lowest BCUT2D eigenvalue weighted by molar-refractivity contribution is -0.110. The smallest absolute Gasteiger partial charge is 0.256 e. The maximum absolute atomic E-state index is 12.9. The fourth-order valence-corrected chi connectivity index (χ4v) is 4.86. The van der Waals surface area contributed by atoms with E-state index in [1.54, 1.807) is 24.3 Å². The van der Waals surface area contributed by atoms with Gasteiger partial charge in [-0.05, 0) is 69.5 Å². The molecule has 1 saturated heterocycles. The zero-order valence-corrected chi connectivity index (χ0v) is 17.5. The van der Waals surface area contributed by atoms with Crippen LogP contribution in [0.4, 0.5) is 5.69 Å². The van der Waals surface area contributed by atoms with E-state index in [-0.39, 0.29) is 11.7 Å². The number of piperidine rings is 1. The van der Waals surface area contributed by atoms with Crippen LogP contribution in [0.25, 0.3) is 11.6 Å². The summed E-state index contributed by atoms with van der Waals surface area (Å²) in [5, 5.41) is 12.5. The van der Waals surface area contributed by atoms with Crippen molar-refractivity contribution < 1.29 is 14.0 Å². The van der Waals surface area contributed by atoms with Gasteiger partial charge < -0.3 is 9.73 Å². The number of nitriles is 1. The summed E-state index contributed by atoms with van der Waals surface area (Å²) < 4.78 is 5.98. The number of nitrogens with one attached hydrogen (secondary N) is 1. The van der Waals surface area contributed by atoms with E-state index >= 15 is 0 Å². The number of hydrogen-bond donors (Lipinski definition) is 1. The number of Topliss-reactive ketones (excluding diaryl/α,β-unsaturated/α-hetero) is 1. The maximum Gasteiger partial charge on any atom is 0.256 e. The van der Waals surface area contributed by atoms with Crippen LogP contribution in [-0.4, -0.2) is 36.2 Å². The number of furan rings is 1. The third-order valence-electron chi connectivity index (χ3n) is 6.53. The molecule has 0 saturated carbocycles. The lowest BCUT2D eigenvalue weighted by atomic mass is 9.94. The second-order valence-corrected chi connectivity index (χ2v) is 8.59. The predicted octanol–water partition coefficient (Wildman–Crippen LogP) is 4.19. The third-order valence-corrected chi connectivity index (χ3v) is 6.53. The minimum atomic E-state index is -0.242. The summed E-state index contributed by atoms with van der Waals surface area (Å²) in [7, 11) is 0. The van der Waals surface area contributed by atoms with E-state index in [1.807, 2.05) is 0 Å². The number of nitrogens with zero attached hydrogens (tertiary/aromatic N) is 2. The van der Waals surface area contributed by atoms with Crippen LogP contribution in [0.1, 0.15) is 70.7 Å². The largest absolute Gasteiger partial charge is 0.460 e. The monoisotopic (exact) mass is 415 g/mol. The van der Waals surface area contributed by atoms with Gasteiger partial charge in [0.05, 0.1) is 12.1 Å². The van der Waals surface area contributed by atoms with E-state index in [4.69, 9.17) is 4.42 Å². The first kappa shape index (κ1) is 19.8. The number of benzene rings is 1. The SMILES string of the molecule is N#Cc1c(C=C2C(=O)Nc3ccc(C(=O)CN4CCCCC4)cc32)oc2c1CCCC2. The molecule has 31 heavy (non-hydrogen) atoms. The fourth-order valence-electron chi connectivity index (χ4n) is 4.86. The van der Waals surface area contributed by atoms with Crippen molar-refractivity contribution in [1.29, 1.82) is 5.26 Å². The standard InChI is InChI=1S/C25H25N3O3/c26-14-20-17-6-2-3-7-23(17)31-24(20)13-19-18-12-16(8-9-21(18)27-25(19)30)22(29)15-28-10-4-1-5-11-28/h8-9,12-13H,1-7,10-11,15H2,(H,27,30). The molecule has 0 spiro atoms. The summed E-state index contributed by atoms with van der Waals surface area (Å²) in [5.74, 6) is 1.12. The molecule has 6 nitrogen and oxygen atoms in total. The van der Waals surface area contributed by atoms with Crippen LogP contribution in [0.3, 0.4) is 0 Å². The molecule has 5 rings (SSSR count). The van der Waals surface area contributed by atoms with Crippen molar-refractivity contribution in [1.82, 2.24) is 4.90 Å². The number of rotatable bonds is 4. The van der Waals surface area contributed by atoms with Gasteiger partial charge in [0.25, 0.3) is 5.91 Å². The first-order chi connectivity index (χ1) is 15.1. The zero-order valence-electron chi connectivity index (χ0n) is 17.5. The highest BCUT2D eigenvalue weighted by Gasteiger charge is 2.28. The van der Waals surface area contributed by atoms with Crippen molar-refractivity contribution in [2.75, 3.05) is 25.0 Å². The van der Waals surface area contributed by atoms with E-state index in [1.165, 1.54) is 6.42 Å². The van der Waals surface area contributed by atoms with Gasteiger partial charge in [0.2, 0.25) is 0 Å². The second-order valence-electron chi connectivity index (χ2n) is 8.59. The highest BCUT2D eigenvalue weighted by atomic mass is 16.3. The van der Waals surface area contributed by atoms with Crippen LogP contribution in [0, 0.1) is 11.3 Å². The molecule has 1 aliphatic carbocycles. The third kappa shape index (κ3) is 3.70. The lowest BCUT2D eigenvalue weighted by Gasteiger charge is -2.25. The summed E-state index contributed by atoms with van der Waals surface area (Å²) in [6.07, 6.45) is 8.92. The molecule has 0 unspecified atom stereocenters. The summed E-state index contributed by atoms with van der Waals surface area (Å²) in [5.41, 5.74) is 3.91. The van der Waals surface area contributed by atoms with E-state index < -0.39 is 0 Å². The minimum absolute atomic E-state index is 0.0644. The highest BCUT2D eigenvalue weighted by Crippen LogP contribution is 2.37. The van der Waals surface area contributed by atoms with Crippen LogP contribution in [0.15, 0.2) is 22.6 Å². The number of anilines is 1. The average Bonchev–Trinajstić information content (AvgIpc) is 3.30. The molecule has 0 radical (unpaired) electrons. The van der Waals surface area contributed by atoms with Gasteiger partial charge in [0.1, 0.15) is 23.2 Å². The predicted molar refractivity (Wildman–Crippen MR) is 118 cm³/mol. The van der Waals surface area contributed by atoms with Crippen LogP contribution < -0.4 is 5.32 Å². The molecule has 2 aliphatic heterocycles. The molecule has 2 aromatic rings. The first-order valence-corrected chi connectivity index (χ1v) is 11.1. The first-order valence-electron chi connectivity index (χ1n) is 11.1. The Morgan fingerprint density at radius 3 is 2.77 bits per heavy atom. The topological polar surface area (TPSA) is 86.3 Å². The molecule has 1 aromatic heterocycles. The van der Waals surface area contributed by atoms with Gasteiger partial charge >= 0.3 is 0 Å². The molecule has 3 heterocycles. The van der Waals surface area contributed by atoms with Crippen molar-refractivity contribution in [3.8, 4) is 6.07 Å². The summed E-state index contributed by atoms with van der Waals surface area (Å²) in [6.45, 7) is 2.33. The van der Waals surface area contributed by atoms with Crippen LogP contribution in [-0.2, 0) is 17.6 Å². The van der Waals surface area contributed by atoms with Crippen molar-refractivity contribution in [3.63, 3.8) is 0 Å². The van der Waals surface area contributed by atoms with Gasteiger partial charge in [-0.15, -0.1) is 0 Å². The van der Waals surface area contributed by atoms with E-state index in [2.05, 4.69) is 16.3 Å². The number of fused-ring (bicyclic) bond motifs is 2. The molecule has 1 N–H and O–H groups in total. The molecule has 6 heteroatoms. The molecular weight excluding hydrogens is 390 g/mol.